The van der Waals surface area contributed by atoms with Crippen molar-refractivity contribution < 1.29 is 13.9 Å². The van der Waals surface area contributed by atoms with Crippen molar-refractivity contribution in [3.8, 4) is 0 Å². The van der Waals surface area contributed by atoms with Crippen LogP contribution in [0.3, 0.4) is 0 Å². The Bertz CT molecular complexity index is 793. The second kappa shape index (κ2) is 7.08. The summed E-state index contributed by atoms with van der Waals surface area (Å²) in [6.45, 7) is 2.32. The van der Waals surface area contributed by atoms with Crippen LogP contribution < -0.4 is 0 Å². The molecule has 0 aromatic heterocycles. The summed E-state index contributed by atoms with van der Waals surface area (Å²) in [5.74, 6) is -0.277. The Labute approximate surface area is 153 Å². The van der Waals surface area contributed by atoms with Gasteiger partial charge < -0.3 is 9.64 Å². The van der Waals surface area contributed by atoms with E-state index in [2.05, 4.69) is 11.0 Å². The molecule has 2 aliphatic rings. The van der Waals surface area contributed by atoms with Gasteiger partial charge in [0.15, 0.2) is 0 Å². The molecule has 2 aromatic rings. The molecule has 0 spiro atoms. The molecule has 0 saturated carbocycles. The van der Waals surface area contributed by atoms with Crippen molar-refractivity contribution in [2.45, 2.75) is 25.0 Å². The minimum absolute atomic E-state index is 0.0569. The summed E-state index contributed by atoms with van der Waals surface area (Å²) in [6, 6.07) is 14.3. The van der Waals surface area contributed by atoms with E-state index < -0.39 is 0 Å². The number of likely N-dealkylation sites (N-methyl/N-ethyl adjacent to an activating group) is 1. The molecule has 1 fully saturated rings. The summed E-state index contributed by atoms with van der Waals surface area (Å²) in [7, 11) is 2.03. The van der Waals surface area contributed by atoms with Gasteiger partial charge in [-0.3, -0.25) is 4.90 Å². The highest BCUT2D eigenvalue weighted by Gasteiger charge is 2.34. The number of likely N-dealkylation sites (tertiary alicyclic amines) is 1. The Balaban J connectivity index is 1.64. The summed E-state index contributed by atoms with van der Waals surface area (Å²) in [5.41, 5.74) is 3.22. The highest BCUT2D eigenvalue weighted by molar-refractivity contribution is 5.70. The van der Waals surface area contributed by atoms with Crippen molar-refractivity contribution in [3.05, 3.63) is 71.0 Å². The van der Waals surface area contributed by atoms with Gasteiger partial charge in [-0.15, -0.1) is 0 Å². The Morgan fingerprint density at radius 2 is 1.88 bits per heavy atom. The fourth-order valence-electron chi connectivity index (χ4n) is 3.97. The molecule has 2 aromatic carbocycles. The predicted octanol–water partition coefficient (Wildman–Crippen LogP) is 3.61. The van der Waals surface area contributed by atoms with E-state index in [0.29, 0.717) is 6.54 Å². The van der Waals surface area contributed by atoms with Crippen LogP contribution in [0.15, 0.2) is 48.5 Å². The zero-order chi connectivity index (χ0) is 18.1. The highest BCUT2D eigenvalue weighted by Crippen LogP contribution is 2.35. The Hall–Kier alpha value is -2.40. The monoisotopic (exact) mass is 354 g/mol. The van der Waals surface area contributed by atoms with Crippen LogP contribution in [0.2, 0.25) is 0 Å². The van der Waals surface area contributed by atoms with Crippen LogP contribution in [0.5, 0.6) is 0 Å². The number of fused-ring (bicyclic) bond motifs is 1. The molecule has 0 unspecified atom stereocenters. The maximum atomic E-state index is 13.4. The molecule has 0 aliphatic carbocycles. The molecular formula is C21H23FN2O2. The molecule has 2 atom stereocenters. The second-order valence-electron chi connectivity index (χ2n) is 7.15. The van der Waals surface area contributed by atoms with Crippen LogP contribution >= 0.6 is 0 Å². The number of amides is 1. The summed E-state index contributed by atoms with van der Waals surface area (Å²) >= 11 is 0. The number of rotatable bonds is 2. The fraction of sp³-hybridized carbons (Fsp3) is 0.381. The molecule has 0 bridgehead atoms. The molecule has 26 heavy (non-hydrogen) atoms. The molecular weight excluding hydrogens is 331 g/mol. The largest absolute Gasteiger partial charge is 0.445 e. The first-order valence-electron chi connectivity index (χ1n) is 9.11. The van der Waals surface area contributed by atoms with Gasteiger partial charge in [0, 0.05) is 19.6 Å². The molecule has 2 aliphatic heterocycles. The van der Waals surface area contributed by atoms with Gasteiger partial charge in [-0.05, 0) is 48.7 Å². The number of carbonyl (C=O) groups is 1. The van der Waals surface area contributed by atoms with Gasteiger partial charge in [0.05, 0.1) is 6.04 Å². The minimum Gasteiger partial charge on any atom is -0.445 e. The normalized spacial score (nSPS) is 22.9. The number of hydrogen-bond acceptors (Lipinski definition) is 3. The summed E-state index contributed by atoms with van der Waals surface area (Å²) < 4.78 is 19.2. The van der Waals surface area contributed by atoms with E-state index >= 15 is 0 Å². The van der Waals surface area contributed by atoms with Gasteiger partial charge in [0.25, 0.3) is 0 Å². The smallest absolute Gasteiger partial charge is 0.410 e. The molecule has 136 valence electrons. The molecule has 0 N–H and O–H groups in total. The quantitative estimate of drug-likeness (QED) is 0.826. The number of nitrogens with zero attached hydrogens (tertiary/aromatic N) is 2. The van der Waals surface area contributed by atoms with Crippen molar-refractivity contribution in [1.29, 1.82) is 0 Å². The highest BCUT2D eigenvalue weighted by atomic mass is 19.1. The molecule has 4 rings (SSSR count). The predicted molar refractivity (Wildman–Crippen MR) is 97.5 cm³/mol. The average Bonchev–Trinajstić information content (AvgIpc) is 3.06. The standard InChI is InChI=1S/C21H23FN2O2/c1-23-12-11-18(14-23)26-21(25)24-13-10-15-4-2-3-5-19(15)20(24)16-6-8-17(22)9-7-16/h2-9,18,20H,10-14H2,1H3/t18-,20-/m0/s1. The van der Waals surface area contributed by atoms with E-state index in [9.17, 15) is 9.18 Å². The first kappa shape index (κ1) is 17.0. The number of ether oxygens (including phenoxy) is 1. The Morgan fingerprint density at radius 1 is 1.12 bits per heavy atom. The first-order valence-corrected chi connectivity index (χ1v) is 9.11. The first-order chi connectivity index (χ1) is 12.6. The van der Waals surface area contributed by atoms with Gasteiger partial charge in [0.2, 0.25) is 0 Å². The second-order valence-corrected chi connectivity index (χ2v) is 7.15. The Morgan fingerprint density at radius 3 is 2.62 bits per heavy atom. The maximum absolute atomic E-state index is 13.4. The van der Waals surface area contributed by atoms with Gasteiger partial charge in [-0.2, -0.15) is 0 Å². The molecule has 1 amide bonds. The number of carbonyl (C=O) groups excluding carboxylic acids is 1. The summed E-state index contributed by atoms with van der Waals surface area (Å²) in [4.78, 5) is 16.9. The van der Waals surface area contributed by atoms with Crippen molar-refractivity contribution >= 4 is 6.09 Å². The summed E-state index contributed by atoms with van der Waals surface area (Å²) in [5, 5.41) is 0. The average molecular weight is 354 g/mol. The Kier molecular flexibility index (Phi) is 4.64. The van der Waals surface area contributed by atoms with Gasteiger partial charge in [-0.25, -0.2) is 9.18 Å². The molecule has 0 radical (unpaired) electrons. The van der Waals surface area contributed by atoms with Gasteiger partial charge >= 0.3 is 6.09 Å². The van der Waals surface area contributed by atoms with Crippen LogP contribution in [0.25, 0.3) is 0 Å². The number of halogens is 1. The third-order valence-electron chi connectivity index (χ3n) is 5.32. The van der Waals surface area contributed by atoms with Crippen LogP contribution in [0.1, 0.15) is 29.2 Å². The third kappa shape index (κ3) is 3.31. The van der Waals surface area contributed by atoms with E-state index in [1.54, 1.807) is 17.0 Å². The third-order valence-corrected chi connectivity index (χ3v) is 5.32. The van der Waals surface area contributed by atoms with E-state index in [1.165, 1.54) is 17.7 Å². The topological polar surface area (TPSA) is 32.8 Å². The number of benzene rings is 2. The van der Waals surface area contributed by atoms with Crippen molar-refractivity contribution in [2.24, 2.45) is 0 Å². The van der Waals surface area contributed by atoms with Crippen molar-refractivity contribution in [3.63, 3.8) is 0 Å². The summed E-state index contributed by atoms with van der Waals surface area (Å²) in [6.07, 6.45) is 1.33. The number of hydrogen-bond donors (Lipinski definition) is 0. The van der Waals surface area contributed by atoms with Gasteiger partial charge in [0.1, 0.15) is 11.9 Å². The molecule has 4 nitrogen and oxygen atoms in total. The molecule has 5 heteroatoms. The lowest BCUT2D eigenvalue weighted by Gasteiger charge is -2.37. The lowest BCUT2D eigenvalue weighted by molar-refractivity contribution is 0.0569. The lowest BCUT2D eigenvalue weighted by Crippen LogP contribution is -2.42. The molecule has 2 heterocycles. The van der Waals surface area contributed by atoms with Crippen LogP contribution in [0, 0.1) is 5.82 Å². The van der Waals surface area contributed by atoms with E-state index in [-0.39, 0.29) is 24.1 Å². The maximum Gasteiger partial charge on any atom is 0.410 e. The van der Waals surface area contributed by atoms with E-state index in [4.69, 9.17) is 4.74 Å². The van der Waals surface area contributed by atoms with Crippen LogP contribution in [0.4, 0.5) is 9.18 Å². The molecule has 1 saturated heterocycles. The minimum atomic E-state index is -0.283. The van der Waals surface area contributed by atoms with Crippen molar-refractivity contribution in [1.82, 2.24) is 9.80 Å². The van der Waals surface area contributed by atoms with E-state index in [0.717, 1.165) is 37.1 Å². The SMILES string of the molecule is CN1CC[C@H](OC(=O)N2CCc3ccccc3[C@@H]2c2ccc(F)cc2)C1. The van der Waals surface area contributed by atoms with Gasteiger partial charge in [-0.1, -0.05) is 36.4 Å². The van der Waals surface area contributed by atoms with Crippen molar-refractivity contribution in [2.75, 3.05) is 26.7 Å². The van der Waals surface area contributed by atoms with Crippen LogP contribution in [-0.4, -0.2) is 48.7 Å². The fourth-order valence-corrected chi connectivity index (χ4v) is 3.97. The zero-order valence-electron chi connectivity index (χ0n) is 14.9. The lowest BCUT2D eigenvalue weighted by atomic mass is 9.88. The van der Waals surface area contributed by atoms with Crippen LogP contribution in [-0.2, 0) is 11.2 Å². The van der Waals surface area contributed by atoms with E-state index in [1.807, 2.05) is 25.2 Å². The zero-order valence-corrected chi connectivity index (χ0v) is 14.9.